The van der Waals surface area contributed by atoms with Gasteiger partial charge in [-0.1, -0.05) is 36.4 Å². The molecule has 2 nitrogen and oxygen atoms in total. The van der Waals surface area contributed by atoms with Gasteiger partial charge in [0.15, 0.2) is 0 Å². The summed E-state index contributed by atoms with van der Waals surface area (Å²) in [7, 11) is 1.68. The Bertz CT molecular complexity index is 459. The number of hydrogen-bond acceptors (Lipinski definition) is 2. The van der Waals surface area contributed by atoms with Gasteiger partial charge in [-0.2, -0.15) is 0 Å². The van der Waals surface area contributed by atoms with E-state index in [4.69, 9.17) is 9.47 Å². The average molecular weight is 256 g/mol. The first-order chi connectivity index (χ1) is 9.36. The van der Waals surface area contributed by atoms with Gasteiger partial charge in [0.05, 0.1) is 19.8 Å². The molecule has 0 spiro atoms. The molecule has 0 N–H and O–H groups in total. The van der Waals surface area contributed by atoms with Crippen molar-refractivity contribution >= 4 is 6.08 Å². The van der Waals surface area contributed by atoms with Crippen molar-refractivity contribution in [3.05, 3.63) is 48.1 Å². The summed E-state index contributed by atoms with van der Waals surface area (Å²) in [6.45, 7) is 0.700. The van der Waals surface area contributed by atoms with Gasteiger partial charge < -0.3 is 9.47 Å². The van der Waals surface area contributed by atoms with Crippen LogP contribution in [-0.4, -0.2) is 19.8 Å². The van der Waals surface area contributed by atoms with E-state index in [1.807, 2.05) is 12.1 Å². The number of hydrogen-bond donors (Lipinski definition) is 0. The van der Waals surface area contributed by atoms with Gasteiger partial charge in [-0.15, -0.1) is 0 Å². The number of methoxy groups -OCH3 is 1. The van der Waals surface area contributed by atoms with Gasteiger partial charge in [-0.25, -0.2) is 0 Å². The molecule has 0 heterocycles. The summed E-state index contributed by atoms with van der Waals surface area (Å²) in [4.78, 5) is 0. The second-order valence-corrected chi connectivity index (χ2v) is 5.26. The number of fused-ring (bicyclic) bond motifs is 2. The van der Waals surface area contributed by atoms with Crippen molar-refractivity contribution in [1.29, 1.82) is 0 Å². The van der Waals surface area contributed by atoms with Crippen molar-refractivity contribution in [2.75, 3.05) is 13.7 Å². The van der Waals surface area contributed by atoms with Crippen molar-refractivity contribution in [3.8, 4) is 5.75 Å². The van der Waals surface area contributed by atoms with Crippen LogP contribution in [0.4, 0.5) is 0 Å². The fourth-order valence-electron chi connectivity index (χ4n) is 3.04. The Hall–Kier alpha value is -1.54. The summed E-state index contributed by atoms with van der Waals surface area (Å²) in [6, 6.07) is 8.05. The molecule has 2 unspecified atom stereocenters. The summed E-state index contributed by atoms with van der Waals surface area (Å²) in [6.07, 6.45) is 11.9. The first-order valence-electron chi connectivity index (χ1n) is 6.97. The SMILES string of the molecule is COc1ccc(/C=C/COC2C3C=CC2CC3)cc1. The molecule has 0 saturated heterocycles. The summed E-state index contributed by atoms with van der Waals surface area (Å²) in [5, 5.41) is 0. The number of rotatable bonds is 5. The molecule has 2 heteroatoms. The lowest BCUT2D eigenvalue weighted by molar-refractivity contribution is 0.0479. The van der Waals surface area contributed by atoms with Crippen LogP contribution in [0, 0.1) is 11.8 Å². The lowest BCUT2D eigenvalue weighted by atomic mass is 10.1. The molecule has 1 aromatic rings. The smallest absolute Gasteiger partial charge is 0.118 e. The Kier molecular flexibility index (Phi) is 3.69. The second kappa shape index (κ2) is 5.62. The maximum absolute atomic E-state index is 5.98. The van der Waals surface area contributed by atoms with Gasteiger partial charge in [0, 0.05) is 11.8 Å². The molecule has 19 heavy (non-hydrogen) atoms. The van der Waals surface area contributed by atoms with E-state index in [0.29, 0.717) is 24.5 Å². The van der Waals surface area contributed by atoms with Gasteiger partial charge in [0.2, 0.25) is 0 Å². The molecule has 2 aliphatic rings. The molecule has 2 atom stereocenters. The van der Waals surface area contributed by atoms with E-state index in [-0.39, 0.29) is 0 Å². The molecule has 0 aromatic heterocycles. The molecule has 0 aliphatic heterocycles. The predicted octanol–water partition coefficient (Wildman–Crippen LogP) is 3.69. The lowest BCUT2D eigenvalue weighted by Crippen LogP contribution is -2.18. The largest absolute Gasteiger partial charge is 0.497 e. The maximum atomic E-state index is 5.98. The van der Waals surface area contributed by atoms with Crippen molar-refractivity contribution in [3.63, 3.8) is 0 Å². The highest BCUT2D eigenvalue weighted by Gasteiger charge is 2.37. The van der Waals surface area contributed by atoms with Crippen LogP contribution in [0.2, 0.25) is 0 Å². The van der Waals surface area contributed by atoms with Crippen LogP contribution in [-0.2, 0) is 4.74 Å². The topological polar surface area (TPSA) is 18.5 Å². The molecule has 3 rings (SSSR count). The molecule has 1 saturated carbocycles. The summed E-state index contributed by atoms with van der Waals surface area (Å²) in [5.41, 5.74) is 1.18. The van der Waals surface area contributed by atoms with Gasteiger partial charge in [-0.05, 0) is 30.5 Å². The minimum absolute atomic E-state index is 0.431. The quantitative estimate of drug-likeness (QED) is 0.748. The third kappa shape index (κ3) is 2.74. The zero-order valence-corrected chi connectivity index (χ0v) is 11.3. The van der Waals surface area contributed by atoms with Gasteiger partial charge in [-0.3, -0.25) is 0 Å². The minimum atomic E-state index is 0.431. The zero-order chi connectivity index (χ0) is 13.1. The molecular weight excluding hydrogens is 236 g/mol. The molecule has 1 fully saturated rings. The predicted molar refractivity (Wildman–Crippen MR) is 77.1 cm³/mol. The van der Waals surface area contributed by atoms with Crippen LogP contribution in [0.1, 0.15) is 18.4 Å². The number of ether oxygens (including phenoxy) is 2. The van der Waals surface area contributed by atoms with E-state index in [9.17, 15) is 0 Å². The van der Waals surface area contributed by atoms with Gasteiger partial charge >= 0.3 is 0 Å². The molecule has 1 aromatic carbocycles. The Labute approximate surface area is 114 Å². The van der Waals surface area contributed by atoms with Crippen molar-refractivity contribution in [1.82, 2.24) is 0 Å². The molecule has 0 amide bonds. The van der Waals surface area contributed by atoms with E-state index in [2.05, 4.69) is 36.4 Å². The van der Waals surface area contributed by atoms with E-state index >= 15 is 0 Å². The Morgan fingerprint density at radius 3 is 2.37 bits per heavy atom. The van der Waals surface area contributed by atoms with E-state index in [1.165, 1.54) is 18.4 Å². The maximum Gasteiger partial charge on any atom is 0.118 e. The molecule has 2 aliphatic carbocycles. The first-order valence-corrected chi connectivity index (χ1v) is 6.97. The van der Waals surface area contributed by atoms with Crippen LogP contribution in [0.25, 0.3) is 6.08 Å². The lowest BCUT2D eigenvalue weighted by Gasteiger charge is -2.15. The van der Waals surface area contributed by atoms with E-state index in [0.717, 1.165) is 5.75 Å². The third-order valence-corrected chi connectivity index (χ3v) is 4.09. The van der Waals surface area contributed by atoms with Crippen LogP contribution in [0.5, 0.6) is 5.75 Å². The summed E-state index contributed by atoms with van der Waals surface area (Å²) >= 11 is 0. The second-order valence-electron chi connectivity index (χ2n) is 5.26. The molecule has 2 bridgehead atoms. The zero-order valence-electron chi connectivity index (χ0n) is 11.3. The summed E-state index contributed by atoms with van der Waals surface area (Å²) in [5.74, 6) is 2.22. The number of benzene rings is 1. The Morgan fingerprint density at radius 1 is 1.11 bits per heavy atom. The molecule has 100 valence electrons. The molecule has 0 radical (unpaired) electrons. The average Bonchev–Trinajstić information content (AvgIpc) is 3.04. The van der Waals surface area contributed by atoms with Crippen molar-refractivity contribution < 1.29 is 9.47 Å². The fraction of sp³-hybridized carbons (Fsp3) is 0.412. The standard InChI is InChI=1S/C17H20O2/c1-18-16-10-4-13(5-11-16)3-2-12-19-17-14-6-7-15(17)9-8-14/h2-7,10-11,14-15,17H,8-9,12H2,1H3/b3-2+. The highest BCUT2D eigenvalue weighted by molar-refractivity contribution is 5.50. The van der Waals surface area contributed by atoms with Gasteiger partial charge in [0.1, 0.15) is 5.75 Å². The monoisotopic (exact) mass is 256 g/mol. The van der Waals surface area contributed by atoms with Crippen LogP contribution in [0.15, 0.2) is 42.5 Å². The van der Waals surface area contributed by atoms with Crippen molar-refractivity contribution in [2.45, 2.75) is 18.9 Å². The Balaban J connectivity index is 1.48. The third-order valence-electron chi connectivity index (χ3n) is 4.09. The van der Waals surface area contributed by atoms with Crippen molar-refractivity contribution in [2.24, 2.45) is 11.8 Å². The first kappa shape index (κ1) is 12.5. The fourth-order valence-corrected chi connectivity index (χ4v) is 3.04. The van der Waals surface area contributed by atoms with E-state index < -0.39 is 0 Å². The summed E-state index contributed by atoms with van der Waals surface area (Å²) < 4.78 is 11.1. The van der Waals surface area contributed by atoms with E-state index in [1.54, 1.807) is 7.11 Å². The van der Waals surface area contributed by atoms with Crippen LogP contribution < -0.4 is 4.74 Å². The minimum Gasteiger partial charge on any atom is -0.497 e. The molecular formula is C17H20O2. The Morgan fingerprint density at radius 2 is 1.79 bits per heavy atom. The highest BCUT2D eigenvalue weighted by Crippen LogP contribution is 2.40. The van der Waals surface area contributed by atoms with Gasteiger partial charge in [0.25, 0.3) is 0 Å². The van der Waals surface area contributed by atoms with Crippen LogP contribution in [0.3, 0.4) is 0 Å². The normalized spacial score (nSPS) is 28.4. The highest BCUT2D eigenvalue weighted by atomic mass is 16.5. The van der Waals surface area contributed by atoms with Crippen LogP contribution >= 0.6 is 0 Å².